The molecule has 0 aromatic heterocycles. The van der Waals surface area contributed by atoms with Crippen LogP contribution >= 0.6 is 11.6 Å². The van der Waals surface area contributed by atoms with Crippen LogP contribution in [-0.4, -0.2) is 30.0 Å². The van der Waals surface area contributed by atoms with Gasteiger partial charge >= 0.3 is 11.9 Å². The van der Waals surface area contributed by atoms with Gasteiger partial charge in [0.1, 0.15) is 0 Å². The standard InChI is InChI=1S/C20H18ClNO6/c1-2-27-20(24)18(28-19(23)14-8-4-3-5-9-14)12-15(13-22(25)26)16-10-6-7-11-17(16)21/h3-12,15H,2,13H2,1H3/b18-12+/t15-/m0/s1. The third-order valence-electron chi connectivity index (χ3n) is 3.69. The van der Waals surface area contributed by atoms with E-state index in [0.29, 0.717) is 10.6 Å². The Morgan fingerprint density at radius 2 is 1.79 bits per heavy atom. The second kappa shape index (κ2) is 10.2. The average molecular weight is 404 g/mol. The Morgan fingerprint density at radius 3 is 2.39 bits per heavy atom. The molecule has 0 aliphatic heterocycles. The summed E-state index contributed by atoms with van der Waals surface area (Å²) in [6, 6.07) is 14.6. The zero-order valence-corrected chi connectivity index (χ0v) is 15.8. The van der Waals surface area contributed by atoms with Crippen LogP contribution in [0.25, 0.3) is 0 Å². The van der Waals surface area contributed by atoms with Crippen molar-refractivity contribution >= 4 is 23.5 Å². The average Bonchev–Trinajstić information content (AvgIpc) is 2.67. The van der Waals surface area contributed by atoms with Crippen LogP contribution in [0.3, 0.4) is 0 Å². The van der Waals surface area contributed by atoms with Crippen LogP contribution in [0.4, 0.5) is 0 Å². The Hall–Kier alpha value is -3.19. The van der Waals surface area contributed by atoms with Gasteiger partial charge in [-0.3, -0.25) is 10.1 Å². The molecule has 0 unspecified atom stereocenters. The maximum absolute atomic E-state index is 12.3. The molecule has 146 valence electrons. The summed E-state index contributed by atoms with van der Waals surface area (Å²) in [6.45, 7) is 1.09. The Balaban J connectivity index is 2.41. The summed E-state index contributed by atoms with van der Waals surface area (Å²) >= 11 is 6.15. The fraction of sp³-hybridized carbons (Fsp3) is 0.200. The van der Waals surface area contributed by atoms with Gasteiger partial charge in [0.25, 0.3) is 0 Å². The first-order valence-electron chi connectivity index (χ1n) is 8.44. The van der Waals surface area contributed by atoms with Crippen molar-refractivity contribution in [2.75, 3.05) is 13.2 Å². The Kier molecular flexibility index (Phi) is 7.71. The maximum atomic E-state index is 12.3. The van der Waals surface area contributed by atoms with E-state index in [1.165, 1.54) is 18.2 Å². The molecule has 2 rings (SSSR count). The summed E-state index contributed by atoms with van der Waals surface area (Å²) in [5.41, 5.74) is 0.652. The number of ether oxygens (including phenoxy) is 2. The van der Waals surface area contributed by atoms with Gasteiger partial charge in [0.15, 0.2) is 0 Å². The maximum Gasteiger partial charge on any atom is 0.374 e. The summed E-state index contributed by atoms with van der Waals surface area (Å²) in [6.07, 6.45) is 1.20. The minimum atomic E-state index is -0.897. The van der Waals surface area contributed by atoms with Gasteiger partial charge in [0.2, 0.25) is 12.3 Å². The van der Waals surface area contributed by atoms with E-state index in [0.717, 1.165) is 0 Å². The summed E-state index contributed by atoms with van der Waals surface area (Å²) in [5.74, 6) is -3.00. The Morgan fingerprint density at radius 1 is 1.14 bits per heavy atom. The molecule has 2 aromatic rings. The molecule has 0 aliphatic carbocycles. The minimum Gasteiger partial charge on any atom is -0.460 e. The molecule has 0 heterocycles. The number of benzene rings is 2. The van der Waals surface area contributed by atoms with Crippen molar-refractivity contribution in [2.24, 2.45) is 0 Å². The molecule has 1 atom stereocenters. The zero-order chi connectivity index (χ0) is 20.5. The van der Waals surface area contributed by atoms with Gasteiger partial charge in [-0.25, -0.2) is 9.59 Å². The highest BCUT2D eigenvalue weighted by atomic mass is 35.5. The molecule has 0 saturated heterocycles. The van der Waals surface area contributed by atoms with Gasteiger partial charge in [0, 0.05) is 9.95 Å². The van der Waals surface area contributed by atoms with Crippen molar-refractivity contribution in [3.8, 4) is 0 Å². The first-order valence-corrected chi connectivity index (χ1v) is 8.82. The van der Waals surface area contributed by atoms with E-state index in [4.69, 9.17) is 21.1 Å². The van der Waals surface area contributed by atoms with E-state index in [9.17, 15) is 19.7 Å². The predicted octanol–water partition coefficient (Wildman–Crippen LogP) is 4.00. The van der Waals surface area contributed by atoms with Crippen molar-refractivity contribution < 1.29 is 24.0 Å². The molecule has 0 N–H and O–H groups in total. The first kappa shape index (κ1) is 21.1. The number of nitro groups is 1. The molecule has 8 heteroatoms. The Labute approximate surface area is 166 Å². The molecule has 28 heavy (non-hydrogen) atoms. The number of hydrogen-bond acceptors (Lipinski definition) is 6. The number of carbonyl (C=O) groups is 2. The summed E-state index contributed by atoms with van der Waals surface area (Å²) in [7, 11) is 0. The van der Waals surface area contributed by atoms with Crippen molar-refractivity contribution in [1.82, 2.24) is 0 Å². The number of esters is 2. The number of nitrogens with zero attached hydrogens (tertiary/aromatic N) is 1. The van der Waals surface area contributed by atoms with Crippen LogP contribution in [0.2, 0.25) is 5.02 Å². The summed E-state index contributed by atoms with van der Waals surface area (Å²) in [4.78, 5) is 35.2. The van der Waals surface area contributed by atoms with Crippen molar-refractivity contribution in [1.29, 1.82) is 0 Å². The molecule has 7 nitrogen and oxygen atoms in total. The topological polar surface area (TPSA) is 95.7 Å². The molecule has 0 radical (unpaired) electrons. The fourth-order valence-corrected chi connectivity index (χ4v) is 2.71. The van der Waals surface area contributed by atoms with E-state index >= 15 is 0 Å². The van der Waals surface area contributed by atoms with Gasteiger partial charge in [-0.05, 0) is 36.8 Å². The predicted molar refractivity (Wildman–Crippen MR) is 103 cm³/mol. The normalized spacial score (nSPS) is 12.1. The number of carbonyl (C=O) groups excluding carboxylic acids is 2. The van der Waals surface area contributed by atoms with Crippen molar-refractivity contribution in [2.45, 2.75) is 12.8 Å². The third-order valence-corrected chi connectivity index (χ3v) is 4.04. The zero-order valence-electron chi connectivity index (χ0n) is 15.0. The van der Waals surface area contributed by atoms with Gasteiger partial charge in [0.05, 0.1) is 18.1 Å². The lowest BCUT2D eigenvalue weighted by Gasteiger charge is -2.14. The van der Waals surface area contributed by atoms with E-state index in [1.54, 1.807) is 49.4 Å². The molecular weight excluding hydrogens is 386 g/mol. The van der Waals surface area contributed by atoms with Crippen LogP contribution < -0.4 is 0 Å². The molecule has 0 fully saturated rings. The highest BCUT2D eigenvalue weighted by Gasteiger charge is 2.25. The third kappa shape index (κ3) is 5.92. The largest absolute Gasteiger partial charge is 0.460 e. The summed E-state index contributed by atoms with van der Waals surface area (Å²) in [5, 5.41) is 11.4. The lowest BCUT2D eigenvalue weighted by Crippen LogP contribution is -2.18. The van der Waals surface area contributed by atoms with Crippen molar-refractivity contribution in [3.05, 3.63) is 92.7 Å². The SMILES string of the molecule is CCOC(=O)/C(=C\[C@@H](C[N+](=O)[O-])c1ccccc1Cl)OC(=O)c1ccccc1. The Bertz CT molecular complexity index is 881. The second-order valence-corrected chi connectivity index (χ2v) is 6.06. The number of hydrogen-bond donors (Lipinski definition) is 0. The lowest BCUT2D eigenvalue weighted by atomic mass is 9.98. The molecule has 0 spiro atoms. The summed E-state index contributed by atoms with van der Waals surface area (Å²) < 4.78 is 10.1. The first-order chi connectivity index (χ1) is 13.4. The van der Waals surface area contributed by atoms with Crippen molar-refractivity contribution in [3.63, 3.8) is 0 Å². The molecule has 0 aliphatic rings. The van der Waals surface area contributed by atoms with Crippen LogP contribution in [0.1, 0.15) is 28.8 Å². The van der Waals surface area contributed by atoms with Gasteiger partial charge in [-0.15, -0.1) is 0 Å². The molecular formula is C20H18ClNO6. The number of rotatable bonds is 8. The van der Waals surface area contributed by atoms with Gasteiger partial charge in [-0.1, -0.05) is 48.0 Å². The van der Waals surface area contributed by atoms with Gasteiger partial charge < -0.3 is 9.47 Å². The molecule has 0 bridgehead atoms. The highest BCUT2D eigenvalue weighted by Crippen LogP contribution is 2.27. The molecule has 0 amide bonds. The van der Waals surface area contributed by atoms with Crippen LogP contribution in [0.5, 0.6) is 0 Å². The minimum absolute atomic E-state index is 0.0467. The van der Waals surface area contributed by atoms with Crippen LogP contribution in [0, 0.1) is 10.1 Å². The van der Waals surface area contributed by atoms with E-state index in [1.807, 2.05) is 0 Å². The van der Waals surface area contributed by atoms with Crippen LogP contribution in [0.15, 0.2) is 66.4 Å². The van der Waals surface area contributed by atoms with E-state index in [-0.39, 0.29) is 12.2 Å². The smallest absolute Gasteiger partial charge is 0.374 e. The van der Waals surface area contributed by atoms with Gasteiger partial charge in [-0.2, -0.15) is 0 Å². The van der Waals surface area contributed by atoms with E-state index < -0.39 is 35.1 Å². The van der Waals surface area contributed by atoms with E-state index in [2.05, 4.69) is 0 Å². The quantitative estimate of drug-likeness (QED) is 0.217. The van der Waals surface area contributed by atoms with Crippen LogP contribution in [-0.2, 0) is 14.3 Å². The second-order valence-electron chi connectivity index (χ2n) is 5.65. The fourth-order valence-electron chi connectivity index (χ4n) is 2.44. The molecule has 0 saturated carbocycles. The monoisotopic (exact) mass is 403 g/mol. The highest BCUT2D eigenvalue weighted by molar-refractivity contribution is 6.31. The lowest BCUT2D eigenvalue weighted by molar-refractivity contribution is -0.481. The number of halogens is 1. The molecule has 2 aromatic carbocycles.